The van der Waals surface area contributed by atoms with Gasteiger partial charge in [-0.1, -0.05) is 13.0 Å². The minimum atomic E-state index is 0.0112. The van der Waals surface area contributed by atoms with E-state index < -0.39 is 0 Å². The monoisotopic (exact) mass is 204 g/mol. The van der Waals surface area contributed by atoms with Crippen LogP contribution in [0.1, 0.15) is 18.1 Å². The molecule has 2 rings (SSSR count). The minimum Gasteiger partial charge on any atom is -0.382 e. The number of carbonyl (C=O) groups is 1. The molecule has 1 aromatic carbocycles. The van der Waals surface area contributed by atoms with Crippen LogP contribution in [0.4, 0.5) is 11.4 Å². The van der Waals surface area contributed by atoms with Crippen LogP contribution in [0.3, 0.4) is 0 Å². The molecule has 1 aromatic rings. The highest BCUT2D eigenvalue weighted by Gasteiger charge is 2.20. The van der Waals surface area contributed by atoms with Crippen molar-refractivity contribution in [3.63, 3.8) is 0 Å². The Morgan fingerprint density at radius 2 is 2.07 bits per heavy atom. The van der Waals surface area contributed by atoms with E-state index in [1.807, 2.05) is 19.9 Å². The number of nitrogens with one attached hydrogen (secondary N) is 2. The molecule has 1 heterocycles. The first-order chi connectivity index (χ1) is 7.08. The summed E-state index contributed by atoms with van der Waals surface area (Å²) in [5.74, 6) is 0.100. The molecule has 15 heavy (non-hydrogen) atoms. The molecule has 1 aliphatic heterocycles. The fraction of sp³-hybridized carbons (Fsp3) is 0.417. The number of benzene rings is 1. The van der Waals surface area contributed by atoms with Crippen LogP contribution < -0.4 is 10.6 Å². The number of anilines is 2. The highest BCUT2D eigenvalue weighted by molar-refractivity contribution is 5.98. The number of fused-ring (bicyclic) bond motifs is 1. The van der Waals surface area contributed by atoms with Gasteiger partial charge in [-0.2, -0.15) is 0 Å². The summed E-state index contributed by atoms with van der Waals surface area (Å²) in [4.78, 5) is 11.6. The van der Waals surface area contributed by atoms with Gasteiger partial charge in [0.1, 0.15) is 0 Å². The maximum Gasteiger partial charge on any atom is 0.229 e. The van der Waals surface area contributed by atoms with Crippen molar-refractivity contribution in [2.45, 2.75) is 20.8 Å². The van der Waals surface area contributed by atoms with E-state index in [1.165, 1.54) is 11.1 Å². The zero-order valence-electron chi connectivity index (χ0n) is 9.35. The highest BCUT2D eigenvalue weighted by atomic mass is 16.1. The predicted molar refractivity (Wildman–Crippen MR) is 62.2 cm³/mol. The second-order valence-corrected chi connectivity index (χ2v) is 4.28. The lowest BCUT2D eigenvalue weighted by Gasteiger charge is -2.11. The summed E-state index contributed by atoms with van der Waals surface area (Å²) < 4.78 is 0. The van der Waals surface area contributed by atoms with Gasteiger partial charge in [0.05, 0.1) is 17.3 Å². The lowest BCUT2D eigenvalue weighted by Crippen LogP contribution is -2.22. The number of hydrogen-bond donors (Lipinski definition) is 2. The van der Waals surface area contributed by atoms with Gasteiger partial charge in [0, 0.05) is 6.54 Å². The van der Waals surface area contributed by atoms with E-state index in [0.29, 0.717) is 6.54 Å². The molecular formula is C12H16N2O. The molecule has 0 bridgehead atoms. The summed E-state index contributed by atoms with van der Waals surface area (Å²) in [7, 11) is 0. The number of hydrogen-bond acceptors (Lipinski definition) is 2. The summed E-state index contributed by atoms with van der Waals surface area (Å²) in [6.45, 7) is 6.72. The van der Waals surface area contributed by atoms with Crippen molar-refractivity contribution < 1.29 is 4.79 Å². The Hall–Kier alpha value is -1.51. The number of amides is 1. The van der Waals surface area contributed by atoms with Crippen molar-refractivity contribution in [1.82, 2.24) is 0 Å². The van der Waals surface area contributed by atoms with Crippen LogP contribution >= 0.6 is 0 Å². The fourth-order valence-corrected chi connectivity index (χ4v) is 1.90. The van der Waals surface area contributed by atoms with Crippen LogP contribution in [0.2, 0.25) is 0 Å². The lowest BCUT2D eigenvalue weighted by atomic mass is 10.1. The maximum atomic E-state index is 11.6. The number of aryl methyl sites for hydroxylation is 2. The van der Waals surface area contributed by atoms with E-state index in [-0.39, 0.29) is 11.8 Å². The van der Waals surface area contributed by atoms with Crippen molar-refractivity contribution in [1.29, 1.82) is 0 Å². The Bertz CT molecular complexity index is 412. The maximum absolute atomic E-state index is 11.6. The van der Waals surface area contributed by atoms with Crippen molar-refractivity contribution in [3.8, 4) is 0 Å². The van der Waals surface area contributed by atoms with Crippen molar-refractivity contribution >= 4 is 17.3 Å². The smallest absolute Gasteiger partial charge is 0.229 e. The molecular weight excluding hydrogens is 188 g/mol. The van der Waals surface area contributed by atoms with Crippen LogP contribution in [0.15, 0.2) is 12.1 Å². The molecule has 0 radical (unpaired) electrons. The standard InChI is InChI=1S/C12H16N2O/c1-7-4-8(2)11-10(5-7)14-12(15)9(3)6-13-11/h4-5,9,13H,6H2,1-3H3,(H,14,15). The summed E-state index contributed by atoms with van der Waals surface area (Å²) in [6, 6.07) is 4.12. The quantitative estimate of drug-likeness (QED) is 0.681. The van der Waals surface area contributed by atoms with Gasteiger partial charge >= 0.3 is 0 Å². The molecule has 0 aromatic heterocycles. The Balaban J connectivity index is 2.47. The van der Waals surface area contributed by atoms with Gasteiger partial charge < -0.3 is 10.6 Å². The Labute approximate surface area is 89.9 Å². The van der Waals surface area contributed by atoms with Crippen LogP contribution in [0.25, 0.3) is 0 Å². The van der Waals surface area contributed by atoms with Gasteiger partial charge in [-0.3, -0.25) is 4.79 Å². The topological polar surface area (TPSA) is 41.1 Å². The summed E-state index contributed by atoms with van der Waals surface area (Å²) in [6.07, 6.45) is 0. The number of carbonyl (C=O) groups excluding carboxylic acids is 1. The lowest BCUT2D eigenvalue weighted by molar-refractivity contribution is -0.118. The number of rotatable bonds is 0. The molecule has 1 aliphatic rings. The van der Waals surface area contributed by atoms with Crippen molar-refractivity contribution in [3.05, 3.63) is 23.3 Å². The van der Waals surface area contributed by atoms with Crippen LogP contribution in [-0.2, 0) is 4.79 Å². The second kappa shape index (κ2) is 3.57. The second-order valence-electron chi connectivity index (χ2n) is 4.28. The van der Waals surface area contributed by atoms with E-state index in [1.54, 1.807) is 0 Å². The highest BCUT2D eigenvalue weighted by Crippen LogP contribution is 2.30. The molecule has 1 unspecified atom stereocenters. The predicted octanol–water partition coefficient (Wildman–Crippen LogP) is 2.30. The molecule has 0 spiro atoms. The first-order valence-corrected chi connectivity index (χ1v) is 5.24. The molecule has 3 heteroatoms. The largest absolute Gasteiger partial charge is 0.382 e. The Kier molecular flexibility index (Phi) is 2.39. The van der Waals surface area contributed by atoms with E-state index in [0.717, 1.165) is 11.4 Å². The van der Waals surface area contributed by atoms with E-state index >= 15 is 0 Å². The molecule has 80 valence electrons. The van der Waals surface area contributed by atoms with E-state index in [2.05, 4.69) is 23.6 Å². The Morgan fingerprint density at radius 1 is 1.33 bits per heavy atom. The molecule has 0 aliphatic carbocycles. The first-order valence-electron chi connectivity index (χ1n) is 5.24. The van der Waals surface area contributed by atoms with Crippen LogP contribution in [0.5, 0.6) is 0 Å². The summed E-state index contributed by atoms with van der Waals surface area (Å²) >= 11 is 0. The van der Waals surface area contributed by atoms with Gasteiger partial charge in [-0.05, 0) is 31.0 Å². The third-order valence-corrected chi connectivity index (χ3v) is 2.77. The third kappa shape index (κ3) is 1.82. The summed E-state index contributed by atoms with van der Waals surface area (Å²) in [5.41, 5.74) is 4.31. The molecule has 0 saturated heterocycles. The average Bonchev–Trinajstić information content (AvgIpc) is 2.27. The average molecular weight is 204 g/mol. The zero-order valence-corrected chi connectivity index (χ0v) is 9.35. The SMILES string of the molecule is Cc1cc(C)c2c(c1)NC(=O)C(C)CN2. The summed E-state index contributed by atoms with van der Waals surface area (Å²) in [5, 5.41) is 6.27. The zero-order chi connectivity index (χ0) is 11.0. The molecule has 3 nitrogen and oxygen atoms in total. The van der Waals surface area contributed by atoms with E-state index in [4.69, 9.17) is 0 Å². The van der Waals surface area contributed by atoms with Gasteiger partial charge in [0.2, 0.25) is 5.91 Å². The molecule has 1 atom stereocenters. The minimum absolute atomic E-state index is 0.0112. The molecule has 0 fully saturated rings. The van der Waals surface area contributed by atoms with Crippen LogP contribution in [-0.4, -0.2) is 12.5 Å². The molecule has 2 N–H and O–H groups in total. The van der Waals surface area contributed by atoms with Crippen LogP contribution in [0, 0.1) is 19.8 Å². The van der Waals surface area contributed by atoms with Gasteiger partial charge in [-0.25, -0.2) is 0 Å². The molecule has 1 amide bonds. The molecule has 0 saturated carbocycles. The van der Waals surface area contributed by atoms with Crippen molar-refractivity contribution in [2.75, 3.05) is 17.2 Å². The van der Waals surface area contributed by atoms with Crippen molar-refractivity contribution in [2.24, 2.45) is 5.92 Å². The van der Waals surface area contributed by atoms with Gasteiger partial charge in [0.15, 0.2) is 0 Å². The fourth-order valence-electron chi connectivity index (χ4n) is 1.90. The van der Waals surface area contributed by atoms with E-state index in [9.17, 15) is 4.79 Å². The van der Waals surface area contributed by atoms with Gasteiger partial charge in [0.25, 0.3) is 0 Å². The third-order valence-electron chi connectivity index (χ3n) is 2.77. The Morgan fingerprint density at radius 3 is 2.80 bits per heavy atom. The van der Waals surface area contributed by atoms with Gasteiger partial charge in [-0.15, -0.1) is 0 Å². The normalized spacial score (nSPS) is 19.9. The first kappa shape index (κ1) is 10.0.